The van der Waals surface area contributed by atoms with Crippen molar-refractivity contribution in [3.05, 3.63) is 47.0 Å². The molecule has 0 N–H and O–H groups in total. The fourth-order valence-electron chi connectivity index (χ4n) is 2.34. The second kappa shape index (κ2) is 7.99. The van der Waals surface area contributed by atoms with E-state index >= 15 is 0 Å². The number of rotatable bonds is 5. The summed E-state index contributed by atoms with van der Waals surface area (Å²) < 4.78 is 66.2. The molecular formula is C18H17F5S2. The summed E-state index contributed by atoms with van der Waals surface area (Å²) in [5.41, 5.74) is 1.18. The Hall–Kier alpha value is -1.21. The van der Waals surface area contributed by atoms with Crippen molar-refractivity contribution in [2.75, 3.05) is 11.5 Å². The molecule has 0 saturated heterocycles. The van der Waals surface area contributed by atoms with Gasteiger partial charge in [-0.25, -0.2) is 8.78 Å². The van der Waals surface area contributed by atoms with E-state index in [0.717, 1.165) is 22.3 Å². The van der Waals surface area contributed by atoms with Crippen LogP contribution in [-0.2, 0) is 0 Å². The predicted molar refractivity (Wildman–Crippen MR) is 94.4 cm³/mol. The van der Waals surface area contributed by atoms with Crippen molar-refractivity contribution in [3.8, 4) is 11.1 Å². The molecule has 2 rings (SSSR count). The first-order valence-electron chi connectivity index (χ1n) is 7.55. The highest BCUT2D eigenvalue weighted by Crippen LogP contribution is 2.37. The van der Waals surface area contributed by atoms with E-state index in [1.54, 1.807) is 13.0 Å². The van der Waals surface area contributed by atoms with E-state index in [9.17, 15) is 22.0 Å². The summed E-state index contributed by atoms with van der Waals surface area (Å²) in [6.07, 6.45) is -4.33. The molecule has 0 aliphatic heterocycles. The smallest absolute Gasteiger partial charge is 0.206 e. The normalized spacial score (nSPS) is 11.8. The minimum Gasteiger partial charge on any atom is -0.206 e. The number of benzene rings is 2. The van der Waals surface area contributed by atoms with Gasteiger partial charge in [-0.3, -0.25) is 0 Å². The zero-order valence-corrected chi connectivity index (χ0v) is 15.6. The first kappa shape index (κ1) is 20.1. The molecule has 0 saturated carbocycles. The summed E-state index contributed by atoms with van der Waals surface area (Å²) in [7, 11) is 0. The lowest BCUT2D eigenvalue weighted by Crippen LogP contribution is -2.10. The average molecular weight is 392 g/mol. The summed E-state index contributed by atoms with van der Waals surface area (Å²) in [6, 6.07) is 5.34. The number of hydrogen-bond acceptors (Lipinski definition) is 2. The molecule has 0 aliphatic carbocycles. The summed E-state index contributed by atoms with van der Waals surface area (Å²) in [4.78, 5) is 1.11. The maximum absolute atomic E-state index is 14.4. The van der Waals surface area contributed by atoms with Gasteiger partial charge in [0.15, 0.2) is 0 Å². The molecule has 0 spiro atoms. The first-order valence-corrected chi connectivity index (χ1v) is 9.52. The molecule has 0 atom stereocenters. The van der Waals surface area contributed by atoms with Gasteiger partial charge in [-0.2, -0.15) is 13.2 Å². The minimum absolute atomic E-state index is 0.0225. The van der Waals surface area contributed by atoms with E-state index in [4.69, 9.17) is 0 Å². The third-order valence-electron chi connectivity index (χ3n) is 3.51. The standard InChI is InChI=1S/C18H17F5S2/c1-4-24-16-7-12(14(19)5-10(16)2)13-8-17(11(3)6-15(13)20)25-9-18(21,22)23/h5-8H,4,9H2,1-3H3. The molecule has 25 heavy (non-hydrogen) atoms. The van der Waals surface area contributed by atoms with Crippen molar-refractivity contribution < 1.29 is 22.0 Å². The monoisotopic (exact) mass is 392 g/mol. The van der Waals surface area contributed by atoms with E-state index < -0.39 is 23.6 Å². The zero-order valence-electron chi connectivity index (χ0n) is 13.9. The summed E-state index contributed by atoms with van der Waals surface area (Å²) in [5, 5.41) is 0. The minimum atomic E-state index is -4.33. The van der Waals surface area contributed by atoms with Crippen LogP contribution in [0, 0.1) is 25.5 Å². The fourth-order valence-corrected chi connectivity index (χ4v) is 3.95. The molecule has 0 amide bonds. The van der Waals surface area contributed by atoms with Gasteiger partial charge in [0.1, 0.15) is 11.6 Å². The van der Waals surface area contributed by atoms with E-state index in [1.165, 1.54) is 30.8 Å². The molecule has 136 valence electrons. The van der Waals surface area contributed by atoms with Crippen molar-refractivity contribution in [1.82, 2.24) is 0 Å². The number of aryl methyl sites for hydroxylation is 2. The maximum atomic E-state index is 14.4. The van der Waals surface area contributed by atoms with Gasteiger partial charge in [-0.05, 0) is 55.0 Å². The van der Waals surface area contributed by atoms with E-state index in [-0.39, 0.29) is 11.1 Å². The first-order chi connectivity index (χ1) is 11.6. The van der Waals surface area contributed by atoms with E-state index in [0.29, 0.717) is 22.2 Å². The van der Waals surface area contributed by atoms with Crippen LogP contribution < -0.4 is 0 Å². The Morgan fingerprint density at radius 1 is 0.800 bits per heavy atom. The Morgan fingerprint density at radius 3 is 1.64 bits per heavy atom. The van der Waals surface area contributed by atoms with Crippen LogP contribution in [0.1, 0.15) is 18.1 Å². The van der Waals surface area contributed by atoms with Crippen LogP contribution in [0.2, 0.25) is 0 Å². The second-order valence-electron chi connectivity index (χ2n) is 5.53. The highest BCUT2D eigenvalue weighted by molar-refractivity contribution is 7.99. The SMILES string of the molecule is CCSc1cc(-c2cc(SCC(F)(F)F)c(C)cc2F)c(F)cc1C. The number of thioether (sulfide) groups is 2. The van der Waals surface area contributed by atoms with E-state index in [2.05, 4.69) is 0 Å². The van der Waals surface area contributed by atoms with Crippen LogP contribution in [0.3, 0.4) is 0 Å². The molecule has 0 aromatic heterocycles. The fraction of sp³-hybridized carbons (Fsp3) is 0.333. The van der Waals surface area contributed by atoms with Crippen molar-refractivity contribution >= 4 is 23.5 Å². The average Bonchev–Trinajstić information content (AvgIpc) is 2.49. The maximum Gasteiger partial charge on any atom is 0.398 e. The molecule has 0 nitrogen and oxygen atoms in total. The Morgan fingerprint density at radius 2 is 1.24 bits per heavy atom. The quantitative estimate of drug-likeness (QED) is 0.396. The van der Waals surface area contributed by atoms with Gasteiger partial charge in [0.25, 0.3) is 0 Å². The van der Waals surface area contributed by atoms with Crippen molar-refractivity contribution in [2.45, 2.75) is 36.7 Å². The van der Waals surface area contributed by atoms with Gasteiger partial charge in [-0.1, -0.05) is 6.92 Å². The lowest BCUT2D eigenvalue weighted by molar-refractivity contribution is -0.105. The lowest BCUT2D eigenvalue weighted by Gasteiger charge is -2.14. The summed E-state index contributed by atoms with van der Waals surface area (Å²) >= 11 is 2.08. The van der Waals surface area contributed by atoms with Crippen LogP contribution in [0.4, 0.5) is 22.0 Å². The van der Waals surface area contributed by atoms with Crippen LogP contribution in [0.15, 0.2) is 34.1 Å². The second-order valence-corrected chi connectivity index (χ2v) is 7.85. The number of hydrogen-bond donors (Lipinski definition) is 0. The predicted octanol–water partition coefficient (Wildman–Crippen LogP) is 7.02. The van der Waals surface area contributed by atoms with Crippen molar-refractivity contribution in [2.24, 2.45) is 0 Å². The molecule has 0 aliphatic rings. The highest BCUT2D eigenvalue weighted by atomic mass is 32.2. The number of alkyl halides is 3. The Bertz CT molecular complexity index is 769. The molecule has 0 heterocycles. The van der Waals surface area contributed by atoms with Gasteiger partial charge in [-0.15, -0.1) is 23.5 Å². The Kier molecular flexibility index (Phi) is 6.43. The lowest BCUT2D eigenvalue weighted by atomic mass is 10.0. The van der Waals surface area contributed by atoms with Gasteiger partial charge in [0.05, 0.1) is 5.75 Å². The molecule has 0 unspecified atom stereocenters. The van der Waals surface area contributed by atoms with Crippen molar-refractivity contribution in [3.63, 3.8) is 0 Å². The zero-order chi connectivity index (χ0) is 18.8. The Balaban J connectivity index is 2.50. The molecule has 7 heteroatoms. The van der Waals surface area contributed by atoms with Gasteiger partial charge in [0, 0.05) is 20.9 Å². The van der Waals surface area contributed by atoms with Gasteiger partial charge in [0.2, 0.25) is 0 Å². The molecule has 0 radical (unpaired) electrons. The molecule has 0 fully saturated rings. The van der Waals surface area contributed by atoms with Crippen LogP contribution in [0.5, 0.6) is 0 Å². The summed E-state index contributed by atoms with van der Waals surface area (Å²) in [6.45, 7) is 5.25. The topological polar surface area (TPSA) is 0 Å². The largest absolute Gasteiger partial charge is 0.398 e. The van der Waals surface area contributed by atoms with E-state index in [1.807, 2.05) is 6.92 Å². The third kappa shape index (κ3) is 5.14. The summed E-state index contributed by atoms with van der Waals surface area (Å²) in [5.74, 6) is -1.54. The van der Waals surface area contributed by atoms with Crippen LogP contribution in [-0.4, -0.2) is 17.7 Å². The highest BCUT2D eigenvalue weighted by Gasteiger charge is 2.28. The third-order valence-corrected chi connectivity index (χ3v) is 5.77. The Labute approximate surface area is 152 Å². The molecule has 0 bridgehead atoms. The molecule has 2 aromatic rings. The van der Waals surface area contributed by atoms with Gasteiger partial charge < -0.3 is 0 Å². The van der Waals surface area contributed by atoms with Crippen LogP contribution in [0.25, 0.3) is 11.1 Å². The van der Waals surface area contributed by atoms with Crippen molar-refractivity contribution in [1.29, 1.82) is 0 Å². The molecule has 2 aromatic carbocycles. The van der Waals surface area contributed by atoms with Crippen LogP contribution >= 0.6 is 23.5 Å². The number of halogens is 5. The van der Waals surface area contributed by atoms with Gasteiger partial charge >= 0.3 is 6.18 Å². The molecular weight excluding hydrogens is 375 g/mol.